The van der Waals surface area contributed by atoms with Crippen LogP contribution in [0.3, 0.4) is 0 Å². The Labute approximate surface area is 103 Å². The first-order valence-corrected chi connectivity index (χ1v) is 6.88. The number of nitrogens with one attached hydrogen (secondary N) is 1. The molecule has 0 aromatic carbocycles. The van der Waals surface area contributed by atoms with Gasteiger partial charge in [-0.15, -0.1) is 0 Å². The van der Waals surface area contributed by atoms with Crippen molar-refractivity contribution in [3.05, 3.63) is 0 Å². The van der Waals surface area contributed by atoms with Crippen LogP contribution in [0.15, 0.2) is 0 Å². The predicted molar refractivity (Wildman–Crippen MR) is 66.6 cm³/mol. The van der Waals surface area contributed by atoms with Crippen molar-refractivity contribution >= 4 is 5.91 Å². The van der Waals surface area contributed by atoms with Crippen LogP contribution in [0, 0.1) is 11.8 Å². The van der Waals surface area contributed by atoms with Gasteiger partial charge in [-0.1, -0.05) is 6.92 Å². The van der Waals surface area contributed by atoms with Crippen LogP contribution in [0.5, 0.6) is 0 Å². The standard InChI is InChI=1S/C13H24N2O2/c1-2-6-15-7-5-11(9-16)12(8-15)14-13(17)10-3-4-10/h10-12,16H,2-9H2,1H3,(H,14,17)/t11-,12-/m1/s1. The fourth-order valence-electron chi connectivity index (χ4n) is 2.62. The highest BCUT2D eigenvalue weighted by atomic mass is 16.3. The van der Waals surface area contributed by atoms with Crippen LogP contribution in [0.2, 0.25) is 0 Å². The minimum absolute atomic E-state index is 0.147. The van der Waals surface area contributed by atoms with Crippen LogP contribution in [0.4, 0.5) is 0 Å². The van der Waals surface area contributed by atoms with E-state index >= 15 is 0 Å². The fraction of sp³-hybridized carbons (Fsp3) is 0.923. The lowest BCUT2D eigenvalue weighted by molar-refractivity contribution is -0.124. The van der Waals surface area contributed by atoms with Gasteiger partial charge in [-0.05, 0) is 38.8 Å². The maximum Gasteiger partial charge on any atom is 0.223 e. The zero-order valence-electron chi connectivity index (χ0n) is 10.7. The minimum Gasteiger partial charge on any atom is -0.396 e. The molecule has 17 heavy (non-hydrogen) atoms. The molecule has 1 aliphatic carbocycles. The Hall–Kier alpha value is -0.610. The van der Waals surface area contributed by atoms with Crippen molar-refractivity contribution < 1.29 is 9.90 Å². The first-order chi connectivity index (χ1) is 8.24. The molecule has 2 fully saturated rings. The number of hydrogen-bond acceptors (Lipinski definition) is 3. The molecular formula is C13H24N2O2. The molecule has 0 bridgehead atoms. The first-order valence-electron chi connectivity index (χ1n) is 6.88. The molecule has 0 unspecified atom stereocenters. The number of nitrogens with zero attached hydrogens (tertiary/aromatic N) is 1. The normalized spacial score (nSPS) is 30.2. The quantitative estimate of drug-likeness (QED) is 0.740. The van der Waals surface area contributed by atoms with Gasteiger partial charge < -0.3 is 15.3 Å². The van der Waals surface area contributed by atoms with Gasteiger partial charge in [0.2, 0.25) is 5.91 Å². The number of carbonyl (C=O) groups excluding carboxylic acids is 1. The molecule has 1 saturated heterocycles. The molecule has 2 atom stereocenters. The van der Waals surface area contributed by atoms with E-state index in [1.54, 1.807) is 0 Å². The van der Waals surface area contributed by atoms with Gasteiger partial charge >= 0.3 is 0 Å². The number of carbonyl (C=O) groups is 1. The van der Waals surface area contributed by atoms with E-state index in [9.17, 15) is 9.90 Å². The summed E-state index contributed by atoms with van der Waals surface area (Å²) in [7, 11) is 0. The molecular weight excluding hydrogens is 216 g/mol. The first kappa shape index (κ1) is 12.8. The molecule has 0 spiro atoms. The molecule has 98 valence electrons. The summed E-state index contributed by atoms with van der Waals surface area (Å²) in [5.41, 5.74) is 0. The summed E-state index contributed by atoms with van der Waals surface area (Å²) in [6.45, 7) is 5.41. The summed E-state index contributed by atoms with van der Waals surface area (Å²) in [6, 6.07) is 0.147. The minimum atomic E-state index is 0.147. The second-order valence-corrected chi connectivity index (χ2v) is 5.42. The van der Waals surface area contributed by atoms with Gasteiger partial charge in [0, 0.05) is 31.0 Å². The summed E-state index contributed by atoms with van der Waals surface area (Å²) in [5.74, 6) is 0.702. The third-order valence-electron chi connectivity index (χ3n) is 3.89. The van der Waals surface area contributed by atoms with Crippen molar-refractivity contribution in [1.82, 2.24) is 10.2 Å². The van der Waals surface area contributed by atoms with Gasteiger partial charge in [0.25, 0.3) is 0 Å². The molecule has 4 nitrogen and oxygen atoms in total. The highest BCUT2D eigenvalue weighted by molar-refractivity contribution is 5.81. The second-order valence-electron chi connectivity index (χ2n) is 5.42. The highest BCUT2D eigenvalue weighted by Crippen LogP contribution is 2.29. The molecule has 1 saturated carbocycles. The monoisotopic (exact) mass is 240 g/mol. The lowest BCUT2D eigenvalue weighted by atomic mass is 9.92. The Bertz CT molecular complexity index is 266. The Kier molecular flexibility index (Phi) is 4.40. The van der Waals surface area contributed by atoms with E-state index in [-0.39, 0.29) is 30.4 Å². The van der Waals surface area contributed by atoms with Crippen molar-refractivity contribution in [1.29, 1.82) is 0 Å². The van der Waals surface area contributed by atoms with Gasteiger partial charge in [0.1, 0.15) is 0 Å². The number of rotatable bonds is 5. The van der Waals surface area contributed by atoms with E-state index in [0.29, 0.717) is 0 Å². The van der Waals surface area contributed by atoms with Gasteiger partial charge in [-0.3, -0.25) is 4.79 Å². The summed E-state index contributed by atoms with van der Waals surface area (Å²) >= 11 is 0. The van der Waals surface area contributed by atoms with Gasteiger partial charge in [0.15, 0.2) is 0 Å². The van der Waals surface area contributed by atoms with Crippen LogP contribution < -0.4 is 5.32 Å². The Morgan fingerprint density at radius 1 is 1.41 bits per heavy atom. The third-order valence-corrected chi connectivity index (χ3v) is 3.89. The Morgan fingerprint density at radius 2 is 2.18 bits per heavy atom. The number of aliphatic hydroxyl groups excluding tert-OH is 1. The average Bonchev–Trinajstić information content (AvgIpc) is 3.13. The van der Waals surface area contributed by atoms with E-state index in [1.165, 1.54) is 0 Å². The van der Waals surface area contributed by atoms with Crippen LogP contribution in [-0.2, 0) is 4.79 Å². The smallest absolute Gasteiger partial charge is 0.223 e. The van der Waals surface area contributed by atoms with Gasteiger partial charge in [-0.2, -0.15) is 0 Å². The Balaban J connectivity index is 1.87. The van der Waals surface area contributed by atoms with E-state index in [0.717, 1.165) is 45.3 Å². The van der Waals surface area contributed by atoms with Crippen LogP contribution in [0.25, 0.3) is 0 Å². The molecule has 0 aromatic rings. The maximum absolute atomic E-state index is 11.8. The fourth-order valence-corrected chi connectivity index (χ4v) is 2.62. The van der Waals surface area contributed by atoms with E-state index in [2.05, 4.69) is 17.1 Å². The van der Waals surface area contributed by atoms with Crippen molar-refractivity contribution in [2.24, 2.45) is 11.8 Å². The zero-order valence-corrected chi connectivity index (χ0v) is 10.7. The SMILES string of the molecule is CCCN1CC[C@H](CO)[C@H](NC(=O)C2CC2)C1. The molecule has 4 heteroatoms. The number of piperidine rings is 1. The van der Waals surface area contributed by atoms with Crippen molar-refractivity contribution in [3.63, 3.8) is 0 Å². The van der Waals surface area contributed by atoms with E-state index in [4.69, 9.17) is 0 Å². The van der Waals surface area contributed by atoms with Crippen molar-refractivity contribution in [2.75, 3.05) is 26.2 Å². The van der Waals surface area contributed by atoms with E-state index < -0.39 is 0 Å². The molecule has 1 heterocycles. The maximum atomic E-state index is 11.8. The molecule has 0 radical (unpaired) electrons. The molecule has 2 aliphatic rings. The van der Waals surface area contributed by atoms with Crippen LogP contribution >= 0.6 is 0 Å². The summed E-state index contributed by atoms with van der Waals surface area (Å²) < 4.78 is 0. The van der Waals surface area contributed by atoms with Crippen molar-refractivity contribution in [3.8, 4) is 0 Å². The zero-order chi connectivity index (χ0) is 12.3. The molecule has 0 aromatic heterocycles. The second kappa shape index (κ2) is 5.83. The average molecular weight is 240 g/mol. The van der Waals surface area contributed by atoms with Crippen molar-refractivity contribution in [2.45, 2.75) is 38.6 Å². The van der Waals surface area contributed by atoms with Crippen LogP contribution in [-0.4, -0.2) is 48.2 Å². The summed E-state index contributed by atoms with van der Waals surface area (Å²) in [4.78, 5) is 14.2. The van der Waals surface area contributed by atoms with Gasteiger partial charge in [0.05, 0.1) is 0 Å². The number of amides is 1. The lowest BCUT2D eigenvalue weighted by Gasteiger charge is -2.38. The predicted octanol–water partition coefficient (Wildman–Crippen LogP) is 0.605. The molecule has 1 amide bonds. The Morgan fingerprint density at radius 3 is 2.76 bits per heavy atom. The largest absolute Gasteiger partial charge is 0.396 e. The number of hydrogen-bond donors (Lipinski definition) is 2. The summed E-state index contributed by atoms with van der Waals surface area (Å²) in [6.07, 6.45) is 4.22. The number of likely N-dealkylation sites (tertiary alicyclic amines) is 1. The van der Waals surface area contributed by atoms with Crippen LogP contribution in [0.1, 0.15) is 32.6 Å². The van der Waals surface area contributed by atoms with Gasteiger partial charge in [-0.25, -0.2) is 0 Å². The number of aliphatic hydroxyl groups is 1. The topological polar surface area (TPSA) is 52.6 Å². The molecule has 1 aliphatic heterocycles. The summed E-state index contributed by atoms with van der Waals surface area (Å²) in [5, 5.41) is 12.5. The lowest BCUT2D eigenvalue weighted by Crippen LogP contribution is -2.54. The molecule has 2 rings (SSSR count). The molecule has 2 N–H and O–H groups in total. The highest BCUT2D eigenvalue weighted by Gasteiger charge is 2.34. The van der Waals surface area contributed by atoms with E-state index in [1.807, 2.05) is 0 Å². The third kappa shape index (κ3) is 3.42.